The number of carbonyl (C=O) groups is 1. The molecule has 0 unspecified atom stereocenters. The molecule has 0 aliphatic carbocycles. The largest absolute Gasteiger partial charge is 0.356 e. The summed E-state index contributed by atoms with van der Waals surface area (Å²) in [6.07, 6.45) is 3.19. The third kappa shape index (κ3) is 3.63. The summed E-state index contributed by atoms with van der Waals surface area (Å²) in [4.78, 5) is 19.2. The van der Waals surface area contributed by atoms with Gasteiger partial charge >= 0.3 is 0 Å². The van der Waals surface area contributed by atoms with Crippen LogP contribution in [0.15, 0.2) is 42.6 Å². The van der Waals surface area contributed by atoms with Crippen LogP contribution < -0.4 is 10.2 Å². The number of piperidine rings is 1. The number of benzene rings is 1. The molecule has 1 N–H and O–H groups in total. The molecule has 0 bridgehead atoms. The molecule has 7 heteroatoms. The predicted molar refractivity (Wildman–Crippen MR) is 99.4 cm³/mol. The van der Waals surface area contributed by atoms with Gasteiger partial charge in [-0.1, -0.05) is 12.1 Å². The molecule has 2 aromatic rings. The Morgan fingerprint density at radius 3 is 2.67 bits per heavy atom. The van der Waals surface area contributed by atoms with Crippen molar-refractivity contribution in [1.29, 1.82) is 5.26 Å². The van der Waals surface area contributed by atoms with Crippen LogP contribution in [0.25, 0.3) is 0 Å². The van der Waals surface area contributed by atoms with Crippen molar-refractivity contribution in [2.24, 2.45) is 0 Å². The summed E-state index contributed by atoms with van der Waals surface area (Å²) in [6.45, 7) is 2.82. The molecule has 2 saturated heterocycles. The number of ether oxygens (including phenoxy) is 2. The van der Waals surface area contributed by atoms with E-state index in [9.17, 15) is 4.79 Å². The number of pyridine rings is 1. The Morgan fingerprint density at radius 2 is 1.93 bits per heavy atom. The molecule has 138 valence electrons. The van der Waals surface area contributed by atoms with E-state index in [0.29, 0.717) is 30.0 Å². The van der Waals surface area contributed by atoms with Crippen molar-refractivity contribution < 1.29 is 14.3 Å². The van der Waals surface area contributed by atoms with E-state index in [1.165, 1.54) is 0 Å². The highest BCUT2D eigenvalue weighted by Gasteiger charge is 2.40. The minimum atomic E-state index is -0.438. The summed E-state index contributed by atoms with van der Waals surface area (Å²) in [6, 6.07) is 12.5. The zero-order chi connectivity index (χ0) is 18.7. The molecule has 2 aliphatic heterocycles. The van der Waals surface area contributed by atoms with Crippen molar-refractivity contribution in [3.05, 3.63) is 53.7 Å². The standard InChI is InChI=1S/C20H20N4O3/c21-14-16-3-1-2-4-17(16)23-19(25)15-5-8-22-18(13-15)24-9-6-20(7-10-24)26-11-12-27-20/h1-5,8,13H,6-7,9-12H2,(H,23,25). The van der Waals surface area contributed by atoms with Gasteiger partial charge in [0.1, 0.15) is 11.9 Å². The summed E-state index contributed by atoms with van der Waals surface area (Å²) in [5.41, 5.74) is 1.43. The number of nitrogens with one attached hydrogen (secondary N) is 1. The highest BCUT2D eigenvalue weighted by molar-refractivity contribution is 6.05. The molecular weight excluding hydrogens is 344 g/mol. The maximum atomic E-state index is 12.6. The van der Waals surface area contributed by atoms with Crippen LogP contribution in [0.1, 0.15) is 28.8 Å². The van der Waals surface area contributed by atoms with Crippen LogP contribution in [-0.2, 0) is 9.47 Å². The zero-order valence-corrected chi connectivity index (χ0v) is 14.9. The SMILES string of the molecule is N#Cc1ccccc1NC(=O)c1ccnc(N2CCC3(CC2)OCCO3)c1. The van der Waals surface area contributed by atoms with Gasteiger partial charge in [-0.05, 0) is 24.3 Å². The molecule has 4 rings (SSSR count). The Morgan fingerprint density at radius 1 is 1.19 bits per heavy atom. The van der Waals surface area contributed by atoms with E-state index >= 15 is 0 Å². The molecule has 1 aromatic carbocycles. The van der Waals surface area contributed by atoms with Crippen molar-refractivity contribution in [2.75, 3.05) is 36.5 Å². The van der Waals surface area contributed by atoms with Gasteiger partial charge in [0.25, 0.3) is 5.91 Å². The van der Waals surface area contributed by atoms with Crippen molar-refractivity contribution >= 4 is 17.4 Å². The van der Waals surface area contributed by atoms with Gasteiger partial charge in [-0.25, -0.2) is 4.98 Å². The minimum Gasteiger partial charge on any atom is -0.356 e. The Labute approximate surface area is 157 Å². The maximum absolute atomic E-state index is 12.6. The summed E-state index contributed by atoms with van der Waals surface area (Å²) in [5.74, 6) is 0.0494. The quantitative estimate of drug-likeness (QED) is 0.901. The fourth-order valence-corrected chi connectivity index (χ4v) is 3.48. The maximum Gasteiger partial charge on any atom is 0.255 e. The first-order valence-electron chi connectivity index (χ1n) is 8.99. The Bertz CT molecular complexity index is 877. The van der Waals surface area contributed by atoms with Gasteiger partial charge in [-0.2, -0.15) is 5.26 Å². The van der Waals surface area contributed by atoms with Crippen LogP contribution in [-0.4, -0.2) is 43.0 Å². The lowest BCUT2D eigenvalue weighted by Gasteiger charge is -2.38. The van der Waals surface area contributed by atoms with E-state index in [2.05, 4.69) is 21.3 Å². The van der Waals surface area contributed by atoms with E-state index in [1.807, 2.05) is 0 Å². The van der Waals surface area contributed by atoms with E-state index in [0.717, 1.165) is 31.7 Å². The van der Waals surface area contributed by atoms with Crippen LogP contribution in [0.2, 0.25) is 0 Å². The minimum absolute atomic E-state index is 0.266. The van der Waals surface area contributed by atoms with Crippen molar-refractivity contribution in [3.8, 4) is 6.07 Å². The van der Waals surface area contributed by atoms with Gasteiger partial charge < -0.3 is 19.7 Å². The number of nitriles is 1. The summed E-state index contributed by atoms with van der Waals surface area (Å²) in [5, 5.41) is 12.0. The first-order valence-corrected chi connectivity index (χ1v) is 8.99. The van der Waals surface area contributed by atoms with Crippen LogP contribution in [0.5, 0.6) is 0 Å². The molecular formula is C20H20N4O3. The molecule has 1 spiro atoms. The highest BCUT2D eigenvalue weighted by Crippen LogP contribution is 2.32. The number of rotatable bonds is 3. The molecule has 0 atom stereocenters. The van der Waals surface area contributed by atoms with E-state index in [4.69, 9.17) is 14.7 Å². The lowest BCUT2D eigenvalue weighted by atomic mass is 10.0. The molecule has 7 nitrogen and oxygen atoms in total. The van der Waals surface area contributed by atoms with Crippen molar-refractivity contribution in [3.63, 3.8) is 0 Å². The molecule has 2 aliphatic rings. The van der Waals surface area contributed by atoms with Gasteiger partial charge in [0.15, 0.2) is 5.79 Å². The summed E-state index contributed by atoms with van der Waals surface area (Å²) < 4.78 is 11.5. The van der Waals surface area contributed by atoms with E-state index in [1.54, 1.807) is 42.6 Å². The molecule has 1 aromatic heterocycles. The normalized spacial score (nSPS) is 18.3. The average Bonchev–Trinajstić information content (AvgIpc) is 3.17. The summed E-state index contributed by atoms with van der Waals surface area (Å²) in [7, 11) is 0. The topological polar surface area (TPSA) is 87.5 Å². The van der Waals surface area contributed by atoms with Crippen molar-refractivity contribution in [1.82, 2.24) is 4.98 Å². The smallest absolute Gasteiger partial charge is 0.255 e. The Balaban J connectivity index is 1.46. The summed E-state index contributed by atoms with van der Waals surface area (Å²) >= 11 is 0. The fraction of sp³-hybridized carbons (Fsp3) is 0.350. The number of hydrogen-bond acceptors (Lipinski definition) is 6. The number of nitrogens with zero attached hydrogens (tertiary/aromatic N) is 3. The second-order valence-electron chi connectivity index (χ2n) is 6.61. The number of para-hydroxylation sites is 1. The zero-order valence-electron chi connectivity index (χ0n) is 14.9. The Kier molecular flexibility index (Phi) is 4.75. The molecule has 2 fully saturated rings. The number of amides is 1. The monoisotopic (exact) mass is 364 g/mol. The first-order chi connectivity index (χ1) is 13.2. The van der Waals surface area contributed by atoms with Gasteiger partial charge in [0.2, 0.25) is 0 Å². The average molecular weight is 364 g/mol. The third-order valence-corrected chi connectivity index (χ3v) is 4.97. The van der Waals surface area contributed by atoms with Crippen LogP contribution in [0, 0.1) is 11.3 Å². The van der Waals surface area contributed by atoms with Gasteiger partial charge in [-0.15, -0.1) is 0 Å². The van der Waals surface area contributed by atoms with Crippen LogP contribution in [0.3, 0.4) is 0 Å². The second-order valence-corrected chi connectivity index (χ2v) is 6.61. The molecule has 27 heavy (non-hydrogen) atoms. The fourth-order valence-electron chi connectivity index (χ4n) is 3.48. The number of carbonyl (C=O) groups excluding carboxylic acids is 1. The van der Waals surface area contributed by atoms with Crippen molar-refractivity contribution in [2.45, 2.75) is 18.6 Å². The molecule has 3 heterocycles. The van der Waals surface area contributed by atoms with Gasteiger partial charge in [-0.3, -0.25) is 4.79 Å². The van der Waals surface area contributed by atoms with Crippen LogP contribution >= 0.6 is 0 Å². The van der Waals surface area contributed by atoms with E-state index in [-0.39, 0.29) is 5.91 Å². The van der Waals surface area contributed by atoms with E-state index < -0.39 is 5.79 Å². The predicted octanol–water partition coefficient (Wildman–Crippen LogP) is 2.55. The highest BCUT2D eigenvalue weighted by atomic mass is 16.7. The lowest BCUT2D eigenvalue weighted by molar-refractivity contribution is -0.169. The number of hydrogen-bond donors (Lipinski definition) is 1. The number of aromatic nitrogens is 1. The molecule has 1 amide bonds. The third-order valence-electron chi connectivity index (χ3n) is 4.97. The Hall–Kier alpha value is -2.95. The molecule has 0 radical (unpaired) electrons. The molecule has 0 saturated carbocycles. The first kappa shape index (κ1) is 17.5. The second kappa shape index (κ2) is 7.35. The van der Waals surface area contributed by atoms with Gasteiger partial charge in [0.05, 0.1) is 24.5 Å². The van der Waals surface area contributed by atoms with Crippen LogP contribution in [0.4, 0.5) is 11.5 Å². The lowest BCUT2D eigenvalue weighted by Crippen LogP contribution is -2.45. The van der Waals surface area contributed by atoms with Gasteiger partial charge in [0, 0.05) is 37.7 Å². The number of anilines is 2.